The van der Waals surface area contributed by atoms with Crippen molar-refractivity contribution < 1.29 is 22.7 Å². The highest BCUT2D eigenvalue weighted by molar-refractivity contribution is 7.89. The lowest BCUT2D eigenvalue weighted by Gasteiger charge is -2.26. The number of amides is 1. The molecule has 1 amide bonds. The van der Waals surface area contributed by atoms with E-state index in [1.807, 2.05) is 31.2 Å². The van der Waals surface area contributed by atoms with Gasteiger partial charge in [0.25, 0.3) is 5.91 Å². The number of benzene rings is 2. The number of aryl methyl sites for hydroxylation is 1. The molecular weight excluding hydrogens is 380 g/mol. The molecule has 0 spiro atoms. The maximum atomic E-state index is 12.9. The predicted octanol–water partition coefficient (Wildman–Crippen LogP) is 2.53. The molecule has 7 nitrogen and oxygen atoms in total. The summed E-state index contributed by atoms with van der Waals surface area (Å²) in [6, 6.07) is 11.8. The fourth-order valence-corrected chi connectivity index (χ4v) is 4.54. The number of sulfonamides is 1. The van der Waals surface area contributed by atoms with E-state index in [0.717, 1.165) is 12.0 Å². The second-order valence-corrected chi connectivity index (χ2v) is 8.28. The number of hydrogen-bond acceptors (Lipinski definition) is 5. The van der Waals surface area contributed by atoms with E-state index in [4.69, 9.17) is 9.47 Å². The molecule has 8 heteroatoms. The Morgan fingerprint density at radius 1 is 1.18 bits per heavy atom. The van der Waals surface area contributed by atoms with Crippen molar-refractivity contribution in [1.82, 2.24) is 4.31 Å². The highest BCUT2D eigenvalue weighted by Gasteiger charge is 2.28. The number of ether oxygens (including phenoxy) is 2. The second kappa shape index (κ2) is 8.72. The van der Waals surface area contributed by atoms with E-state index in [1.54, 1.807) is 0 Å². The van der Waals surface area contributed by atoms with Gasteiger partial charge in [0, 0.05) is 18.8 Å². The van der Waals surface area contributed by atoms with Gasteiger partial charge in [0.2, 0.25) is 10.0 Å². The van der Waals surface area contributed by atoms with Gasteiger partial charge in [0.1, 0.15) is 5.75 Å². The Bertz CT molecular complexity index is 953. The van der Waals surface area contributed by atoms with Gasteiger partial charge in [-0.1, -0.05) is 25.1 Å². The Morgan fingerprint density at radius 3 is 2.57 bits per heavy atom. The van der Waals surface area contributed by atoms with Crippen molar-refractivity contribution in [2.45, 2.75) is 18.2 Å². The Balaban J connectivity index is 1.93. The molecule has 0 bridgehead atoms. The van der Waals surface area contributed by atoms with E-state index in [1.165, 1.54) is 29.6 Å². The van der Waals surface area contributed by atoms with Crippen LogP contribution in [0.3, 0.4) is 0 Å². The van der Waals surface area contributed by atoms with Crippen molar-refractivity contribution in [2.24, 2.45) is 0 Å². The summed E-state index contributed by atoms with van der Waals surface area (Å²) in [6.07, 6.45) is 0.763. The monoisotopic (exact) mass is 404 g/mol. The second-order valence-electron chi connectivity index (χ2n) is 6.34. The molecule has 1 N–H and O–H groups in total. The van der Waals surface area contributed by atoms with E-state index >= 15 is 0 Å². The average molecular weight is 404 g/mol. The molecular formula is C20H24N2O5S. The Hall–Kier alpha value is -2.42. The predicted molar refractivity (Wildman–Crippen MR) is 106 cm³/mol. The number of methoxy groups -OCH3 is 1. The maximum absolute atomic E-state index is 12.9. The highest BCUT2D eigenvalue weighted by Crippen LogP contribution is 2.26. The largest absolute Gasteiger partial charge is 0.496 e. The van der Waals surface area contributed by atoms with Gasteiger partial charge in [-0.3, -0.25) is 4.79 Å². The van der Waals surface area contributed by atoms with Gasteiger partial charge < -0.3 is 14.8 Å². The molecule has 1 heterocycles. The van der Waals surface area contributed by atoms with Crippen LogP contribution in [0.2, 0.25) is 0 Å². The van der Waals surface area contributed by atoms with Crippen LogP contribution in [0.15, 0.2) is 47.4 Å². The van der Waals surface area contributed by atoms with Crippen molar-refractivity contribution in [3.63, 3.8) is 0 Å². The van der Waals surface area contributed by atoms with Crippen LogP contribution in [-0.2, 0) is 21.2 Å². The van der Waals surface area contributed by atoms with Gasteiger partial charge in [-0.2, -0.15) is 4.31 Å². The first-order valence-electron chi connectivity index (χ1n) is 9.12. The Morgan fingerprint density at radius 2 is 1.89 bits per heavy atom. The summed E-state index contributed by atoms with van der Waals surface area (Å²) >= 11 is 0. The van der Waals surface area contributed by atoms with Gasteiger partial charge in [-0.05, 0) is 36.2 Å². The van der Waals surface area contributed by atoms with E-state index in [9.17, 15) is 13.2 Å². The Kier molecular flexibility index (Phi) is 6.33. The fraction of sp³-hybridized carbons (Fsp3) is 0.350. The molecule has 0 aromatic heterocycles. The topological polar surface area (TPSA) is 84.9 Å². The minimum Gasteiger partial charge on any atom is -0.496 e. The zero-order chi connectivity index (χ0) is 20.1. The number of carbonyl (C=O) groups excluding carboxylic acids is 1. The summed E-state index contributed by atoms with van der Waals surface area (Å²) in [5.74, 6) is -0.107. The number of morpholine rings is 1. The van der Waals surface area contributed by atoms with Crippen molar-refractivity contribution in [1.29, 1.82) is 0 Å². The van der Waals surface area contributed by atoms with Crippen molar-refractivity contribution in [2.75, 3.05) is 38.7 Å². The van der Waals surface area contributed by atoms with Gasteiger partial charge in [0.05, 0.1) is 30.8 Å². The normalized spacial score (nSPS) is 15.2. The number of anilines is 1. The maximum Gasteiger partial charge on any atom is 0.259 e. The number of para-hydroxylation sites is 1. The molecule has 0 radical (unpaired) electrons. The summed E-state index contributed by atoms with van der Waals surface area (Å²) in [4.78, 5) is 13.0. The molecule has 3 rings (SSSR count). The molecule has 1 aliphatic rings. The van der Waals surface area contributed by atoms with Crippen LogP contribution in [0.25, 0.3) is 0 Å². The molecule has 0 atom stereocenters. The number of nitrogens with zero attached hydrogens (tertiary/aromatic N) is 1. The lowest BCUT2D eigenvalue weighted by atomic mass is 10.1. The first kappa shape index (κ1) is 20.3. The summed E-state index contributed by atoms with van der Waals surface area (Å²) in [5.41, 5.74) is 1.85. The van der Waals surface area contributed by atoms with Crippen molar-refractivity contribution in [3.05, 3.63) is 53.6 Å². The van der Waals surface area contributed by atoms with Crippen LogP contribution in [-0.4, -0.2) is 52.0 Å². The van der Waals surface area contributed by atoms with Gasteiger partial charge >= 0.3 is 0 Å². The fourth-order valence-electron chi connectivity index (χ4n) is 3.10. The lowest BCUT2D eigenvalue weighted by molar-refractivity contribution is 0.0730. The molecule has 1 fully saturated rings. The Labute approximate surface area is 165 Å². The van der Waals surface area contributed by atoms with Gasteiger partial charge in [0.15, 0.2) is 0 Å². The third-order valence-electron chi connectivity index (χ3n) is 4.67. The third-order valence-corrected chi connectivity index (χ3v) is 6.56. The molecule has 1 saturated heterocycles. The van der Waals surface area contributed by atoms with Crippen LogP contribution in [0, 0.1) is 0 Å². The van der Waals surface area contributed by atoms with E-state index in [0.29, 0.717) is 37.7 Å². The minimum absolute atomic E-state index is 0.0594. The zero-order valence-corrected chi connectivity index (χ0v) is 16.8. The summed E-state index contributed by atoms with van der Waals surface area (Å²) < 4.78 is 37.7. The molecule has 150 valence electrons. The number of nitrogens with one attached hydrogen (secondary N) is 1. The lowest BCUT2D eigenvalue weighted by Crippen LogP contribution is -2.40. The number of rotatable bonds is 6. The molecule has 1 aliphatic heterocycles. The first-order valence-corrected chi connectivity index (χ1v) is 10.6. The highest BCUT2D eigenvalue weighted by atomic mass is 32.2. The smallest absolute Gasteiger partial charge is 0.259 e. The summed E-state index contributed by atoms with van der Waals surface area (Å²) in [6.45, 7) is 3.30. The third kappa shape index (κ3) is 4.19. The van der Waals surface area contributed by atoms with Crippen LogP contribution in [0.5, 0.6) is 5.75 Å². The quantitative estimate of drug-likeness (QED) is 0.800. The van der Waals surface area contributed by atoms with Crippen molar-refractivity contribution >= 4 is 21.6 Å². The van der Waals surface area contributed by atoms with Crippen LogP contribution >= 0.6 is 0 Å². The SMILES string of the molecule is CCc1ccccc1NC(=O)c1cc(S(=O)(=O)N2CCOCC2)ccc1OC. The standard InChI is InChI=1S/C20H24N2O5S/c1-3-15-6-4-5-7-18(15)21-20(23)17-14-16(8-9-19(17)26-2)28(24,25)22-10-12-27-13-11-22/h4-9,14H,3,10-13H2,1-2H3,(H,21,23). The molecule has 0 unspecified atom stereocenters. The van der Waals surface area contributed by atoms with E-state index in [2.05, 4.69) is 5.32 Å². The summed E-state index contributed by atoms with van der Waals surface area (Å²) in [7, 11) is -2.26. The number of carbonyl (C=O) groups is 1. The molecule has 2 aromatic rings. The minimum atomic E-state index is -3.71. The van der Waals surface area contributed by atoms with Gasteiger partial charge in [-0.25, -0.2) is 8.42 Å². The van der Waals surface area contributed by atoms with E-state index in [-0.39, 0.29) is 10.5 Å². The number of hydrogen-bond donors (Lipinski definition) is 1. The molecule has 0 aliphatic carbocycles. The van der Waals surface area contributed by atoms with Crippen molar-refractivity contribution in [3.8, 4) is 5.75 Å². The molecule has 2 aromatic carbocycles. The molecule has 28 heavy (non-hydrogen) atoms. The van der Waals surface area contributed by atoms with Gasteiger partial charge in [-0.15, -0.1) is 0 Å². The first-order chi connectivity index (χ1) is 13.5. The zero-order valence-electron chi connectivity index (χ0n) is 16.0. The van der Waals surface area contributed by atoms with Crippen LogP contribution in [0.4, 0.5) is 5.69 Å². The molecule has 0 saturated carbocycles. The average Bonchev–Trinajstić information content (AvgIpc) is 2.74. The van der Waals surface area contributed by atoms with Crippen LogP contribution in [0.1, 0.15) is 22.8 Å². The van der Waals surface area contributed by atoms with E-state index < -0.39 is 15.9 Å². The summed E-state index contributed by atoms with van der Waals surface area (Å²) in [5, 5.41) is 2.86. The van der Waals surface area contributed by atoms with Crippen LogP contribution < -0.4 is 10.1 Å².